The lowest BCUT2D eigenvalue weighted by Crippen LogP contribution is -2.39. The summed E-state index contributed by atoms with van der Waals surface area (Å²) in [4.78, 5) is 14.0. The van der Waals surface area contributed by atoms with Gasteiger partial charge in [0, 0.05) is 25.3 Å². The number of rotatable bonds is 5. The Morgan fingerprint density at radius 3 is 2.39 bits per heavy atom. The van der Waals surface area contributed by atoms with Crippen LogP contribution in [0.5, 0.6) is 0 Å². The van der Waals surface area contributed by atoms with Gasteiger partial charge in [0.1, 0.15) is 0 Å². The zero-order valence-corrected chi connectivity index (χ0v) is 12.8. The summed E-state index contributed by atoms with van der Waals surface area (Å²) in [7, 11) is 0. The van der Waals surface area contributed by atoms with Gasteiger partial charge in [0.15, 0.2) is 0 Å². The number of hydrogen-bond donors (Lipinski definition) is 0. The second-order valence-corrected chi connectivity index (χ2v) is 5.64. The number of nitrogens with zero attached hydrogens (tertiary/aromatic N) is 1. The molecule has 1 aliphatic rings. The van der Waals surface area contributed by atoms with E-state index in [-0.39, 0.29) is 5.91 Å². The van der Waals surface area contributed by atoms with Gasteiger partial charge in [0.2, 0.25) is 0 Å². The number of amides is 1. The SMILES string of the molecule is C=CCOCC1CCN(C(=O)c2ccc(C(F)(F)F)cc2)CC1. The van der Waals surface area contributed by atoms with Crippen LogP contribution in [0.3, 0.4) is 0 Å². The van der Waals surface area contributed by atoms with E-state index in [0.29, 0.717) is 37.8 Å². The Kier molecular flexibility index (Phi) is 5.82. The Balaban J connectivity index is 1.88. The largest absolute Gasteiger partial charge is 0.416 e. The van der Waals surface area contributed by atoms with E-state index < -0.39 is 11.7 Å². The third kappa shape index (κ3) is 4.82. The summed E-state index contributed by atoms with van der Waals surface area (Å²) in [6, 6.07) is 4.38. The Labute approximate surface area is 133 Å². The number of piperidine rings is 1. The van der Waals surface area contributed by atoms with Gasteiger partial charge in [-0.3, -0.25) is 4.79 Å². The summed E-state index contributed by atoms with van der Waals surface area (Å²) >= 11 is 0. The Hall–Kier alpha value is -1.82. The van der Waals surface area contributed by atoms with Crippen LogP contribution in [0.15, 0.2) is 36.9 Å². The molecule has 23 heavy (non-hydrogen) atoms. The maximum absolute atomic E-state index is 12.5. The molecule has 0 unspecified atom stereocenters. The third-order valence-corrected chi connectivity index (χ3v) is 3.95. The molecule has 0 atom stereocenters. The lowest BCUT2D eigenvalue weighted by Gasteiger charge is -2.32. The van der Waals surface area contributed by atoms with E-state index in [1.165, 1.54) is 12.1 Å². The van der Waals surface area contributed by atoms with E-state index in [1.807, 2.05) is 0 Å². The lowest BCUT2D eigenvalue weighted by molar-refractivity contribution is -0.137. The molecule has 0 radical (unpaired) electrons. The smallest absolute Gasteiger partial charge is 0.377 e. The van der Waals surface area contributed by atoms with E-state index in [0.717, 1.165) is 25.0 Å². The molecule has 0 saturated carbocycles. The maximum atomic E-state index is 12.5. The van der Waals surface area contributed by atoms with E-state index in [2.05, 4.69) is 6.58 Å². The molecule has 1 aliphatic heterocycles. The molecule has 1 amide bonds. The molecule has 126 valence electrons. The summed E-state index contributed by atoms with van der Waals surface area (Å²) in [6.45, 7) is 5.95. The van der Waals surface area contributed by atoms with E-state index in [9.17, 15) is 18.0 Å². The third-order valence-electron chi connectivity index (χ3n) is 3.95. The molecule has 1 fully saturated rings. The number of carbonyl (C=O) groups is 1. The average molecular weight is 327 g/mol. The molecule has 2 rings (SSSR count). The quantitative estimate of drug-likeness (QED) is 0.609. The standard InChI is InChI=1S/C17H20F3NO2/c1-2-11-23-12-13-7-9-21(10-8-13)16(22)14-3-5-15(6-4-14)17(18,19)20/h2-6,13H,1,7-12H2. The molecule has 0 N–H and O–H groups in total. The van der Waals surface area contributed by atoms with Gasteiger partial charge in [-0.2, -0.15) is 13.2 Å². The molecule has 1 aromatic carbocycles. The summed E-state index contributed by atoms with van der Waals surface area (Å²) in [6.07, 6.45) is -1.01. The van der Waals surface area contributed by atoms with Crippen LogP contribution in [0, 0.1) is 5.92 Å². The molecule has 0 aromatic heterocycles. The summed E-state index contributed by atoms with van der Waals surface area (Å²) in [5.41, 5.74) is -0.452. The van der Waals surface area contributed by atoms with E-state index in [1.54, 1.807) is 11.0 Å². The van der Waals surface area contributed by atoms with Gasteiger partial charge in [-0.1, -0.05) is 6.08 Å². The summed E-state index contributed by atoms with van der Waals surface area (Å²) in [5.74, 6) is 0.191. The van der Waals surface area contributed by atoms with Crippen molar-refractivity contribution in [3.8, 4) is 0 Å². The van der Waals surface area contributed by atoms with Gasteiger partial charge in [-0.05, 0) is 43.0 Å². The van der Waals surface area contributed by atoms with Crippen molar-refractivity contribution < 1.29 is 22.7 Å². The van der Waals surface area contributed by atoms with Crippen LogP contribution in [-0.4, -0.2) is 37.1 Å². The fraction of sp³-hybridized carbons (Fsp3) is 0.471. The van der Waals surface area contributed by atoms with Crippen molar-refractivity contribution >= 4 is 5.91 Å². The monoisotopic (exact) mass is 327 g/mol. The predicted octanol–water partition coefficient (Wildman–Crippen LogP) is 3.76. The van der Waals surface area contributed by atoms with Crippen molar-refractivity contribution in [1.82, 2.24) is 4.90 Å². The minimum atomic E-state index is -4.38. The highest BCUT2D eigenvalue weighted by Gasteiger charge is 2.30. The first-order valence-corrected chi connectivity index (χ1v) is 7.57. The van der Waals surface area contributed by atoms with Crippen molar-refractivity contribution in [3.05, 3.63) is 48.0 Å². The van der Waals surface area contributed by atoms with Gasteiger partial charge in [0.05, 0.1) is 12.2 Å². The summed E-state index contributed by atoms with van der Waals surface area (Å²) in [5, 5.41) is 0. The number of alkyl halides is 3. The first kappa shape index (κ1) is 17.5. The molecular formula is C17H20F3NO2. The van der Waals surface area contributed by atoms with Crippen LogP contribution in [0.25, 0.3) is 0 Å². The first-order valence-electron chi connectivity index (χ1n) is 7.57. The number of benzene rings is 1. The first-order chi connectivity index (χ1) is 10.9. The van der Waals surface area contributed by atoms with Crippen molar-refractivity contribution in [1.29, 1.82) is 0 Å². The van der Waals surface area contributed by atoms with Crippen LogP contribution in [0.2, 0.25) is 0 Å². The normalized spacial score (nSPS) is 16.4. The minimum Gasteiger partial charge on any atom is -0.377 e. The van der Waals surface area contributed by atoms with Crippen molar-refractivity contribution in [2.45, 2.75) is 19.0 Å². The van der Waals surface area contributed by atoms with Gasteiger partial charge in [-0.15, -0.1) is 6.58 Å². The van der Waals surface area contributed by atoms with Gasteiger partial charge in [-0.25, -0.2) is 0 Å². The number of carbonyl (C=O) groups excluding carboxylic acids is 1. The molecule has 0 spiro atoms. The molecule has 1 aromatic rings. The predicted molar refractivity (Wildman–Crippen MR) is 81.1 cm³/mol. The highest BCUT2D eigenvalue weighted by molar-refractivity contribution is 5.94. The van der Waals surface area contributed by atoms with E-state index >= 15 is 0 Å². The van der Waals surface area contributed by atoms with Crippen LogP contribution < -0.4 is 0 Å². The molecule has 1 saturated heterocycles. The highest BCUT2D eigenvalue weighted by atomic mass is 19.4. The van der Waals surface area contributed by atoms with Gasteiger partial charge < -0.3 is 9.64 Å². The highest BCUT2D eigenvalue weighted by Crippen LogP contribution is 2.29. The fourth-order valence-electron chi connectivity index (χ4n) is 2.61. The number of halogens is 3. The second kappa shape index (κ2) is 7.64. The zero-order valence-electron chi connectivity index (χ0n) is 12.8. The average Bonchev–Trinajstić information content (AvgIpc) is 2.54. The Morgan fingerprint density at radius 1 is 1.26 bits per heavy atom. The fourth-order valence-corrected chi connectivity index (χ4v) is 2.61. The minimum absolute atomic E-state index is 0.218. The number of likely N-dealkylation sites (tertiary alicyclic amines) is 1. The van der Waals surface area contributed by atoms with Crippen LogP contribution in [0.4, 0.5) is 13.2 Å². The van der Waals surface area contributed by atoms with Crippen molar-refractivity contribution in [3.63, 3.8) is 0 Å². The molecule has 0 bridgehead atoms. The number of hydrogen-bond acceptors (Lipinski definition) is 2. The molecule has 3 nitrogen and oxygen atoms in total. The zero-order chi connectivity index (χ0) is 16.9. The topological polar surface area (TPSA) is 29.5 Å². The molecular weight excluding hydrogens is 307 g/mol. The Morgan fingerprint density at radius 2 is 1.87 bits per heavy atom. The van der Waals surface area contributed by atoms with E-state index in [4.69, 9.17) is 4.74 Å². The van der Waals surface area contributed by atoms with Gasteiger partial charge >= 0.3 is 6.18 Å². The van der Waals surface area contributed by atoms with Crippen LogP contribution in [-0.2, 0) is 10.9 Å². The second-order valence-electron chi connectivity index (χ2n) is 5.64. The van der Waals surface area contributed by atoms with Crippen LogP contribution in [0.1, 0.15) is 28.8 Å². The lowest BCUT2D eigenvalue weighted by atomic mass is 9.97. The molecule has 0 aliphatic carbocycles. The van der Waals surface area contributed by atoms with Crippen LogP contribution >= 0.6 is 0 Å². The Bertz CT molecular complexity index is 532. The number of ether oxygens (including phenoxy) is 1. The van der Waals surface area contributed by atoms with Crippen molar-refractivity contribution in [2.24, 2.45) is 5.92 Å². The van der Waals surface area contributed by atoms with Gasteiger partial charge in [0.25, 0.3) is 5.91 Å². The maximum Gasteiger partial charge on any atom is 0.416 e. The molecule has 6 heteroatoms. The van der Waals surface area contributed by atoms with Crippen molar-refractivity contribution in [2.75, 3.05) is 26.3 Å². The summed E-state index contributed by atoms with van der Waals surface area (Å²) < 4.78 is 43.0. The molecule has 1 heterocycles.